The second-order valence-corrected chi connectivity index (χ2v) is 5.47. The van der Waals surface area contributed by atoms with Gasteiger partial charge in [0.1, 0.15) is 5.75 Å². The zero-order valence-corrected chi connectivity index (χ0v) is 12.7. The van der Waals surface area contributed by atoms with Gasteiger partial charge in [0, 0.05) is 19.6 Å². The third-order valence-corrected chi connectivity index (χ3v) is 3.80. The third-order valence-electron chi connectivity index (χ3n) is 3.80. The van der Waals surface area contributed by atoms with Crippen LogP contribution in [0.25, 0.3) is 0 Å². The number of hydrogen-bond acceptors (Lipinski definition) is 3. The maximum Gasteiger partial charge on any atom is 0.142 e. The van der Waals surface area contributed by atoms with E-state index in [-0.39, 0.29) is 0 Å². The van der Waals surface area contributed by atoms with Gasteiger partial charge in [-0.1, -0.05) is 38.3 Å². The van der Waals surface area contributed by atoms with Gasteiger partial charge in [-0.15, -0.1) is 0 Å². The Balaban J connectivity index is 1.91. The highest BCUT2D eigenvalue weighted by atomic mass is 16.5. The molecule has 1 aromatic rings. The molecule has 20 heavy (non-hydrogen) atoms. The van der Waals surface area contributed by atoms with Crippen molar-refractivity contribution in [3.8, 4) is 5.75 Å². The summed E-state index contributed by atoms with van der Waals surface area (Å²) in [6.07, 6.45) is 6.21. The van der Waals surface area contributed by atoms with Crippen LogP contribution >= 0.6 is 0 Å². The SMILES string of the molecule is CCCCCCOc1ccccc1N1CCCNCC1. The summed E-state index contributed by atoms with van der Waals surface area (Å²) in [7, 11) is 0. The number of benzene rings is 1. The predicted octanol–water partition coefficient (Wildman–Crippen LogP) is 3.45. The van der Waals surface area contributed by atoms with Crippen LogP contribution in [-0.4, -0.2) is 32.8 Å². The Morgan fingerprint density at radius 2 is 2.00 bits per heavy atom. The molecule has 0 amide bonds. The first-order chi connectivity index (χ1) is 9.92. The monoisotopic (exact) mass is 276 g/mol. The van der Waals surface area contributed by atoms with E-state index in [0.29, 0.717) is 0 Å². The molecule has 0 aromatic heterocycles. The van der Waals surface area contributed by atoms with Crippen molar-refractivity contribution in [2.24, 2.45) is 0 Å². The number of rotatable bonds is 7. The van der Waals surface area contributed by atoms with E-state index in [4.69, 9.17) is 4.74 Å². The van der Waals surface area contributed by atoms with Crippen LogP contribution in [-0.2, 0) is 0 Å². The number of nitrogens with one attached hydrogen (secondary N) is 1. The second kappa shape index (κ2) is 8.85. The van der Waals surface area contributed by atoms with Gasteiger partial charge in [-0.25, -0.2) is 0 Å². The Kier molecular flexibility index (Phi) is 6.72. The smallest absolute Gasteiger partial charge is 0.142 e. The molecule has 1 saturated heterocycles. The molecular weight excluding hydrogens is 248 g/mol. The summed E-state index contributed by atoms with van der Waals surface area (Å²) in [5, 5.41) is 3.45. The van der Waals surface area contributed by atoms with Crippen molar-refractivity contribution in [3.63, 3.8) is 0 Å². The van der Waals surface area contributed by atoms with Crippen LogP contribution in [0.1, 0.15) is 39.0 Å². The molecule has 0 atom stereocenters. The van der Waals surface area contributed by atoms with Crippen molar-refractivity contribution >= 4 is 5.69 Å². The third kappa shape index (κ3) is 4.71. The van der Waals surface area contributed by atoms with Crippen molar-refractivity contribution in [3.05, 3.63) is 24.3 Å². The van der Waals surface area contributed by atoms with Gasteiger partial charge in [0.2, 0.25) is 0 Å². The molecule has 112 valence electrons. The minimum atomic E-state index is 0.836. The van der Waals surface area contributed by atoms with Gasteiger partial charge < -0.3 is 15.0 Å². The number of ether oxygens (including phenoxy) is 1. The minimum Gasteiger partial charge on any atom is -0.491 e. The molecule has 3 heteroatoms. The van der Waals surface area contributed by atoms with Gasteiger partial charge in [0.25, 0.3) is 0 Å². The van der Waals surface area contributed by atoms with Crippen molar-refractivity contribution in [1.82, 2.24) is 5.32 Å². The number of nitrogens with zero attached hydrogens (tertiary/aromatic N) is 1. The minimum absolute atomic E-state index is 0.836. The second-order valence-electron chi connectivity index (χ2n) is 5.47. The van der Waals surface area contributed by atoms with Gasteiger partial charge >= 0.3 is 0 Å². The van der Waals surface area contributed by atoms with Crippen LogP contribution in [0.5, 0.6) is 5.75 Å². The lowest BCUT2D eigenvalue weighted by molar-refractivity contribution is 0.305. The number of unbranched alkanes of at least 4 members (excludes halogenated alkanes) is 3. The lowest BCUT2D eigenvalue weighted by Gasteiger charge is -2.24. The highest BCUT2D eigenvalue weighted by Gasteiger charge is 2.13. The normalized spacial score (nSPS) is 15.9. The zero-order chi connectivity index (χ0) is 14.0. The highest BCUT2D eigenvalue weighted by molar-refractivity contribution is 5.58. The summed E-state index contributed by atoms with van der Waals surface area (Å²) < 4.78 is 6.02. The molecule has 0 bridgehead atoms. The lowest BCUT2D eigenvalue weighted by atomic mass is 10.2. The molecule has 1 N–H and O–H groups in total. The number of para-hydroxylation sites is 2. The Bertz CT molecular complexity index is 373. The van der Waals surface area contributed by atoms with Gasteiger partial charge in [-0.3, -0.25) is 0 Å². The van der Waals surface area contributed by atoms with Gasteiger partial charge in [-0.2, -0.15) is 0 Å². The van der Waals surface area contributed by atoms with Crippen LogP contribution in [0.3, 0.4) is 0 Å². The highest BCUT2D eigenvalue weighted by Crippen LogP contribution is 2.28. The van der Waals surface area contributed by atoms with Crippen LogP contribution in [0.4, 0.5) is 5.69 Å². The Morgan fingerprint density at radius 1 is 1.10 bits per heavy atom. The largest absolute Gasteiger partial charge is 0.491 e. The van der Waals surface area contributed by atoms with Crippen molar-refractivity contribution in [2.45, 2.75) is 39.0 Å². The van der Waals surface area contributed by atoms with E-state index in [1.807, 2.05) is 0 Å². The number of hydrogen-bond donors (Lipinski definition) is 1. The maximum atomic E-state index is 6.02. The topological polar surface area (TPSA) is 24.5 Å². The van der Waals surface area contributed by atoms with E-state index >= 15 is 0 Å². The summed E-state index contributed by atoms with van der Waals surface area (Å²) >= 11 is 0. The van der Waals surface area contributed by atoms with Gasteiger partial charge in [0.15, 0.2) is 0 Å². The number of anilines is 1. The molecule has 1 fully saturated rings. The Labute approximate surface area is 123 Å². The Hall–Kier alpha value is -1.22. The van der Waals surface area contributed by atoms with E-state index < -0.39 is 0 Å². The van der Waals surface area contributed by atoms with Crippen LogP contribution in [0, 0.1) is 0 Å². The van der Waals surface area contributed by atoms with Gasteiger partial charge in [0.05, 0.1) is 12.3 Å². The molecule has 3 nitrogen and oxygen atoms in total. The standard InChI is InChI=1S/C17H28N2O/c1-2-3-4-7-15-20-17-10-6-5-9-16(17)19-13-8-11-18-12-14-19/h5-6,9-10,18H,2-4,7-8,11-15H2,1H3. The molecule has 0 spiro atoms. The van der Waals surface area contributed by atoms with Crippen molar-refractivity contribution < 1.29 is 4.74 Å². The van der Waals surface area contributed by atoms with E-state index in [0.717, 1.165) is 45.0 Å². The fraction of sp³-hybridized carbons (Fsp3) is 0.647. The van der Waals surface area contributed by atoms with Crippen LogP contribution in [0.15, 0.2) is 24.3 Å². The molecular formula is C17H28N2O. The molecule has 1 heterocycles. The first kappa shape index (κ1) is 15.2. The summed E-state index contributed by atoms with van der Waals surface area (Å²) in [4.78, 5) is 2.45. The fourth-order valence-electron chi connectivity index (χ4n) is 2.64. The van der Waals surface area contributed by atoms with E-state index in [9.17, 15) is 0 Å². The van der Waals surface area contributed by atoms with E-state index in [1.54, 1.807) is 0 Å². The predicted molar refractivity (Wildman–Crippen MR) is 85.8 cm³/mol. The first-order valence-corrected chi connectivity index (χ1v) is 8.09. The molecule has 0 radical (unpaired) electrons. The average molecular weight is 276 g/mol. The summed E-state index contributed by atoms with van der Waals surface area (Å²) in [5.74, 6) is 1.05. The summed E-state index contributed by atoms with van der Waals surface area (Å²) in [6.45, 7) is 7.44. The fourth-order valence-corrected chi connectivity index (χ4v) is 2.64. The molecule has 2 rings (SSSR count). The van der Waals surface area contributed by atoms with E-state index in [1.165, 1.54) is 31.4 Å². The van der Waals surface area contributed by atoms with Crippen LogP contribution < -0.4 is 15.0 Å². The van der Waals surface area contributed by atoms with E-state index in [2.05, 4.69) is 41.4 Å². The average Bonchev–Trinajstić information content (AvgIpc) is 2.76. The maximum absolute atomic E-state index is 6.02. The Morgan fingerprint density at radius 3 is 2.90 bits per heavy atom. The van der Waals surface area contributed by atoms with Crippen LogP contribution in [0.2, 0.25) is 0 Å². The lowest BCUT2D eigenvalue weighted by Crippen LogP contribution is -2.28. The quantitative estimate of drug-likeness (QED) is 0.772. The summed E-state index contributed by atoms with van der Waals surface area (Å²) in [6, 6.07) is 8.47. The molecule has 1 aliphatic heterocycles. The molecule has 1 aliphatic rings. The van der Waals surface area contributed by atoms with Crippen molar-refractivity contribution in [1.29, 1.82) is 0 Å². The molecule has 0 saturated carbocycles. The summed E-state index contributed by atoms with van der Waals surface area (Å²) in [5.41, 5.74) is 1.26. The molecule has 0 aliphatic carbocycles. The molecule has 1 aromatic carbocycles. The first-order valence-electron chi connectivity index (χ1n) is 8.09. The zero-order valence-electron chi connectivity index (χ0n) is 12.7. The molecule has 0 unspecified atom stereocenters. The van der Waals surface area contributed by atoms with Gasteiger partial charge in [-0.05, 0) is 31.5 Å². The van der Waals surface area contributed by atoms with Crippen molar-refractivity contribution in [2.75, 3.05) is 37.7 Å².